The lowest BCUT2D eigenvalue weighted by Crippen LogP contribution is -2.12. The van der Waals surface area contributed by atoms with E-state index in [0.717, 1.165) is 11.3 Å². The number of rotatable bonds is 7. The Kier molecular flexibility index (Phi) is 6.04. The number of ether oxygens (including phenoxy) is 1. The fraction of sp³-hybridized carbons (Fsp3) is 0.130. The summed E-state index contributed by atoms with van der Waals surface area (Å²) < 4.78 is 26.7. The lowest BCUT2D eigenvalue weighted by Gasteiger charge is -2.07. The minimum absolute atomic E-state index is 0.134. The first kappa shape index (κ1) is 20.7. The van der Waals surface area contributed by atoms with E-state index in [4.69, 9.17) is 20.8 Å². The first-order chi connectivity index (χ1) is 15.0. The number of amides is 1. The summed E-state index contributed by atoms with van der Waals surface area (Å²) in [5.74, 6) is 0.862. The highest BCUT2D eigenvalue weighted by atomic mass is 35.5. The first-order valence-electron chi connectivity index (χ1n) is 9.54. The molecule has 0 atom stereocenters. The second kappa shape index (κ2) is 9.06. The predicted octanol–water partition coefficient (Wildman–Crippen LogP) is 5.46. The van der Waals surface area contributed by atoms with Crippen molar-refractivity contribution in [3.63, 3.8) is 0 Å². The minimum atomic E-state index is -0.448. The Morgan fingerprint density at radius 1 is 1.16 bits per heavy atom. The highest BCUT2D eigenvalue weighted by molar-refractivity contribution is 6.31. The number of anilines is 1. The number of carbonyl (C=O) groups excluding carboxylic acids is 1. The summed E-state index contributed by atoms with van der Waals surface area (Å²) in [6, 6.07) is 17.0. The molecule has 0 aliphatic carbocycles. The van der Waals surface area contributed by atoms with Crippen molar-refractivity contribution in [3.05, 3.63) is 100 Å². The van der Waals surface area contributed by atoms with Crippen molar-refractivity contribution < 1.29 is 18.3 Å². The normalized spacial score (nSPS) is 10.8. The van der Waals surface area contributed by atoms with Gasteiger partial charge in [-0.15, -0.1) is 0 Å². The van der Waals surface area contributed by atoms with Gasteiger partial charge in [0.05, 0.1) is 6.54 Å². The van der Waals surface area contributed by atoms with Crippen LogP contribution in [0.4, 0.5) is 10.2 Å². The van der Waals surface area contributed by atoms with Gasteiger partial charge in [0.25, 0.3) is 5.91 Å². The van der Waals surface area contributed by atoms with E-state index in [9.17, 15) is 9.18 Å². The van der Waals surface area contributed by atoms with Crippen LogP contribution in [0, 0.1) is 12.7 Å². The molecule has 8 heteroatoms. The highest BCUT2D eigenvalue weighted by Gasteiger charge is 2.14. The van der Waals surface area contributed by atoms with Gasteiger partial charge < -0.3 is 14.5 Å². The van der Waals surface area contributed by atoms with Crippen LogP contribution in [0.3, 0.4) is 0 Å². The van der Waals surface area contributed by atoms with E-state index in [1.165, 1.54) is 10.7 Å². The molecule has 0 unspecified atom stereocenters. The number of carbonyl (C=O) groups is 1. The molecule has 6 nitrogen and oxygen atoms in total. The highest BCUT2D eigenvalue weighted by Crippen LogP contribution is 2.21. The second-order valence-electron chi connectivity index (χ2n) is 6.87. The van der Waals surface area contributed by atoms with Crippen LogP contribution in [0.15, 0.2) is 71.3 Å². The van der Waals surface area contributed by atoms with E-state index in [1.807, 2.05) is 31.2 Å². The van der Waals surface area contributed by atoms with Crippen molar-refractivity contribution in [3.8, 4) is 5.75 Å². The molecule has 0 spiro atoms. The van der Waals surface area contributed by atoms with E-state index in [1.54, 1.807) is 36.5 Å². The number of halogens is 2. The number of nitrogens with zero attached hydrogens (tertiary/aromatic N) is 2. The van der Waals surface area contributed by atoms with Crippen LogP contribution in [0.2, 0.25) is 5.02 Å². The Morgan fingerprint density at radius 3 is 2.81 bits per heavy atom. The van der Waals surface area contributed by atoms with E-state index < -0.39 is 11.7 Å². The van der Waals surface area contributed by atoms with Crippen LogP contribution in [0.1, 0.15) is 27.4 Å². The molecule has 4 rings (SSSR count). The third-order valence-corrected chi connectivity index (χ3v) is 4.97. The molecule has 0 bridgehead atoms. The van der Waals surface area contributed by atoms with Crippen LogP contribution in [0.5, 0.6) is 5.75 Å². The molecular weight excluding hydrogens is 421 g/mol. The van der Waals surface area contributed by atoms with E-state index >= 15 is 0 Å². The zero-order valence-electron chi connectivity index (χ0n) is 16.6. The number of aromatic nitrogens is 2. The maximum atomic E-state index is 14.0. The summed E-state index contributed by atoms with van der Waals surface area (Å²) in [7, 11) is 0. The predicted molar refractivity (Wildman–Crippen MR) is 115 cm³/mol. The van der Waals surface area contributed by atoms with E-state index in [-0.39, 0.29) is 18.9 Å². The molecular formula is C23H19ClFN3O3. The molecule has 0 fully saturated rings. The van der Waals surface area contributed by atoms with Crippen molar-refractivity contribution in [1.82, 2.24) is 9.78 Å². The second-order valence-corrected chi connectivity index (χ2v) is 7.28. The molecule has 2 aromatic carbocycles. The number of aryl methyl sites for hydroxylation is 1. The summed E-state index contributed by atoms with van der Waals surface area (Å²) >= 11 is 6.05. The maximum absolute atomic E-state index is 14.0. The smallest absolute Gasteiger partial charge is 0.292 e. The van der Waals surface area contributed by atoms with Gasteiger partial charge in [-0.05, 0) is 42.8 Å². The topological polar surface area (TPSA) is 69.3 Å². The largest absolute Gasteiger partial charge is 0.485 e. The van der Waals surface area contributed by atoms with Gasteiger partial charge in [-0.25, -0.2) is 4.39 Å². The van der Waals surface area contributed by atoms with Crippen LogP contribution in [-0.2, 0) is 13.2 Å². The third kappa shape index (κ3) is 4.95. The number of nitrogens with one attached hydrogen (secondary N) is 1. The molecule has 1 N–H and O–H groups in total. The van der Waals surface area contributed by atoms with Gasteiger partial charge in [-0.1, -0.05) is 35.9 Å². The summed E-state index contributed by atoms with van der Waals surface area (Å²) in [5.41, 5.74) is 1.34. The van der Waals surface area contributed by atoms with Gasteiger partial charge in [0.15, 0.2) is 11.6 Å². The van der Waals surface area contributed by atoms with Gasteiger partial charge in [0, 0.05) is 22.8 Å². The third-order valence-electron chi connectivity index (χ3n) is 4.61. The molecule has 4 aromatic rings. The van der Waals surface area contributed by atoms with Crippen molar-refractivity contribution in [1.29, 1.82) is 0 Å². The van der Waals surface area contributed by atoms with Gasteiger partial charge >= 0.3 is 0 Å². The first-order valence-corrected chi connectivity index (χ1v) is 9.92. The number of para-hydroxylation sites is 1. The standard InChI is InChI=1S/C23H19ClFN3O3/c1-15-5-2-3-8-20(15)30-14-16-9-10-21(31-16)23(29)26-22-11-12-28(27-22)13-17-18(24)6-4-7-19(17)25/h2-12H,13-14H2,1H3,(H,26,27,29). The van der Waals surface area contributed by atoms with Crippen molar-refractivity contribution in [2.75, 3.05) is 5.32 Å². The van der Waals surface area contributed by atoms with Gasteiger partial charge in [-0.3, -0.25) is 9.48 Å². The average molecular weight is 440 g/mol. The maximum Gasteiger partial charge on any atom is 0.292 e. The SMILES string of the molecule is Cc1ccccc1OCc1ccc(C(=O)Nc2ccn(Cc3c(F)cccc3Cl)n2)o1. The Hall–Kier alpha value is -3.58. The van der Waals surface area contributed by atoms with E-state index in [2.05, 4.69) is 10.4 Å². The number of hydrogen-bond acceptors (Lipinski definition) is 4. The molecule has 0 saturated heterocycles. The van der Waals surface area contributed by atoms with Crippen LogP contribution < -0.4 is 10.1 Å². The number of benzene rings is 2. The van der Waals surface area contributed by atoms with Gasteiger partial charge in [0.2, 0.25) is 0 Å². The lowest BCUT2D eigenvalue weighted by atomic mass is 10.2. The van der Waals surface area contributed by atoms with Crippen molar-refractivity contribution in [2.24, 2.45) is 0 Å². The molecule has 31 heavy (non-hydrogen) atoms. The zero-order chi connectivity index (χ0) is 21.8. The lowest BCUT2D eigenvalue weighted by molar-refractivity contribution is 0.0992. The molecule has 0 aliphatic rings. The monoisotopic (exact) mass is 439 g/mol. The molecule has 1 amide bonds. The molecule has 0 radical (unpaired) electrons. The molecule has 0 saturated carbocycles. The summed E-state index contributed by atoms with van der Waals surface area (Å²) in [4.78, 5) is 12.5. The van der Waals surface area contributed by atoms with Crippen molar-refractivity contribution in [2.45, 2.75) is 20.1 Å². The number of furan rings is 1. The Morgan fingerprint density at radius 2 is 2.00 bits per heavy atom. The summed E-state index contributed by atoms with van der Waals surface area (Å²) in [5, 5.41) is 7.21. The summed E-state index contributed by atoms with van der Waals surface area (Å²) in [6.07, 6.45) is 1.63. The Labute approximate surface area is 183 Å². The molecule has 0 aliphatic heterocycles. The minimum Gasteiger partial charge on any atom is -0.485 e. The molecule has 2 aromatic heterocycles. The zero-order valence-corrected chi connectivity index (χ0v) is 17.4. The van der Waals surface area contributed by atoms with Crippen LogP contribution in [0.25, 0.3) is 0 Å². The molecule has 2 heterocycles. The fourth-order valence-electron chi connectivity index (χ4n) is 2.98. The Bertz CT molecular complexity index is 1200. The van der Waals surface area contributed by atoms with Gasteiger partial charge in [0.1, 0.15) is 23.9 Å². The van der Waals surface area contributed by atoms with E-state index in [0.29, 0.717) is 22.2 Å². The quantitative estimate of drug-likeness (QED) is 0.415. The van der Waals surface area contributed by atoms with Gasteiger partial charge in [-0.2, -0.15) is 5.10 Å². The average Bonchev–Trinajstić information content (AvgIpc) is 3.40. The van der Waals surface area contributed by atoms with Crippen LogP contribution in [-0.4, -0.2) is 15.7 Å². The number of hydrogen-bond donors (Lipinski definition) is 1. The summed E-state index contributed by atoms with van der Waals surface area (Å²) in [6.45, 7) is 2.30. The Balaban J connectivity index is 1.36. The van der Waals surface area contributed by atoms with Crippen LogP contribution >= 0.6 is 11.6 Å². The van der Waals surface area contributed by atoms with Crippen molar-refractivity contribution >= 4 is 23.3 Å². The molecule has 158 valence electrons. The fourth-order valence-corrected chi connectivity index (χ4v) is 3.21.